The van der Waals surface area contributed by atoms with Crippen LogP contribution in [-0.2, 0) is 11.2 Å². The molecule has 2 saturated heterocycles. The first kappa shape index (κ1) is 20.0. The van der Waals surface area contributed by atoms with Crippen molar-refractivity contribution >= 4 is 5.91 Å². The highest BCUT2D eigenvalue weighted by Crippen LogP contribution is 2.31. The average Bonchev–Trinajstić information content (AvgIpc) is 3.23. The molecule has 154 valence electrons. The van der Waals surface area contributed by atoms with E-state index in [9.17, 15) is 9.90 Å². The molecule has 0 unspecified atom stereocenters. The van der Waals surface area contributed by atoms with E-state index in [1.165, 1.54) is 11.1 Å². The average molecular weight is 393 g/mol. The van der Waals surface area contributed by atoms with Crippen LogP contribution in [0.4, 0.5) is 0 Å². The summed E-state index contributed by atoms with van der Waals surface area (Å²) in [5.74, 6) is 1.81. The third-order valence-electron chi connectivity index (χ3n) is 6.69. The van der Waals surface area contributed by atoms with Gasteiger partial charge >= 0.3 is 0 Å². The Morgan fingerprint density at radius 2 is 1.83 bits per heavy atom. The number of hydrogen-bond donors (Lipinski definition) is 2. The fourth-order valence-electron chi connectivity index (χ4n) is 5.00. The van der Waals surface area contributed by atoms with Gasteiger partial charge in [0.2, 0.25) is 5.91 Å². The number of aromatic hydroxyl groups is 1. The van der Waals surface area contributed by atoms with E-state index in [0.717, 1.165) is 58.3 Å². The van der Waals surface area contributed by atoms with Crippen LogP contribution in [0.2, 0.25) is 0 Å². The van der Waals surface area contributed by atoms with Crippen LogP contribution in [0, 0.1) is 11.8 Å². The number of phenols is 1. The Morgan fingerprint density at radius 1 is 1.03 bits per heavy atom. The lowest BCUT2D eigenvalue weighted by atomic mass is 9.86. The summed E-state index contributed by atoms with van der Waals surface area (Å²) in [6.07, 6.45) is 5.19. The second-order valence-corrected chi connectivity index (χ2v) is 8.60. The lowest BCUT2D eigenvalue weighted by molar-refractivity contribution is -0.137. The zero-order valence-corrected chi connectivity index (χ0v) is 17.1. The number of aryl methyl sites for hydroxylation is 1. The largest absolute Gasteiger partial charge is 0.508 e. The van der Waals surface area contributed by atoms with Crippen molar-refractivity contribution in [2.24, 2.45) is 11.8 Å². The molecule has 2 heterocycles. The summed E-state index contributed by atoms with van der Waals surface area (Å²) in [4.78, 5) is 15.3. The summed E-state index contributed by atoms with van der Waals surface area (Å²) in [5, 5.41) is 13.1. The van der Waals surface area contributed by atoms with Crippen LogP contribution in [-0.4, -0.2) is 42.1 Å². The number of amides is 1. The highest BCUT2D eigenvalue weighted by molar-refractivity contribution is 5.80. The van der Waals surface area contributed by atoms with Crippen molar-refractivity contribution in [2.75, 3.05) is 26.2 Å². The number of benzene rings is 2. The molecule has 2 aromatic rings. The summed E-state index contributed by atoms with van der Waals surface area (Å²) in [6.45, 7) is 3.51. The molecule has 0 bridgehead atoms. The molecule has 2 fully saturated rings. The van der Waals surface area contributed by atoms with Crippen LogP contribution < -0.4 is 5.32 Å². The molecule has 2 aromatic carbocycles. The Labute approximate surface area is 173 Å². The van der Waals surface area contributed by atoms with Gasteiger partial charge in [0.05, 0.1) is 5.92 Å². The highest BCUT2D eigenvalue weighted by atomic mass is 16.3. The van der Waals surface area contributed by atoms with Crippen LogP contribution in [0.1, 0.15) is 42.7 Å². The lowest BCUT2D eigenvalue weighted by Crippen LogP contribution is -2.43. The minimum Gasteiger partial charge on any atom is -0.508 e. The molecule has 0 aliphatic carbocycles. The Balaban J connectivity index is 1.27. The summed E-state index contributed by atoms with van der Waals surface area (Å²) in [6, 6.07) is 18.2. The molecule has 2 N–H and O–H groups in total. The number of rotatable bonds is 6. The van der Waals surface area contributed by atoms with E-state index in [1.54, 1.807) is 6.07 Å². The predicted octanol–water partition coefficient (Wildman–Crippen LogP) is 3.96. The van der Waals surface area contributed by atoms with E-state index in [0.29, 0.717) is 23.5 Å². The van der Waals surface area contributed by atoms with Crippen molar-refractivity contribution in [2.45, 2.75) is 38.0 Å². The maximum atomic E-state index is 13.2. The van der Waals surface area contributed by atoms with Gasteiger partial charge in [-0.1, -0.05) is 42.5 Å². The molecule has 4 heteroatoms. The Morgan fingerprint density at radius 3 is 2.59 bits per heavy atom. The number of piperidine rings is 1. The molecule has 2 aliphatic heterocycles. The maximum Gasteiger partial charge on any atom is 0.227 e. The lowest BCUT2D eigenvalue weighted by Gasteiger charge is -2.34. The van der Waals surface area contributed by atoms with Gasteiger partial charge in [-0.15, -0.1) is 0 Å². The first-order valence-corrected chi connectivity index (χ1v) is 11.0. The molecular weight excluding hydrogens is 360 g/mol. The van der Waals surface area contributed by atoms with Crippen LogP contribution in [0.3, 0.4) is 0 Å². The Hall–Kier alpha value is -2.33. The summed E-state index contributed by atoms with van der Waals surface area (Å²) < 4.78 is 0. The molecule has 1 amide bonds. The van der Waals surface area contributed by atoms with E-state index in [-0.39, 0.29) is 5.92 Å². The quantitative estimate of drug-likeness (QED) is 0.782. The minimum atomic E-state index is 0.118. The minimum absolute atomic E-state index is 0.118. The SMILES string of the molecule is O=C([C@@H]1CNC[C@@H]1CCCc1cccc(O)c1)N1CCC(c2ccccc2)CC1. The van der Waals surface area contributed by atoms with Gasteiger partial charge in [0.25, 0.3) is 0 Å². The smallest absolute Gasteiger partial charge is 0.227 e. The molecule has 29 heavy (non-hydrogen) atoms. The number of phenolic OH excluding ortho intramolecular Hbond substituents is 1. The van der Waals surface area contributed by atoms with Gasteiger partial charge in [0.15, 0.2) is 0 Å². The van der Waals surface area contributed by atoms with Gasteiger partial charge in [-0.2, -0.15) is 0 Å². The third kappa shape index (κ3) is 4.99. The predicted molar refractivity (Wildman–Crippen MR) is 116 cm³/mol. The van der Waals surface area contributed by atoms with Gasteiger partial charge in [0, 0.05) is 19.6 Å². The van der Waals surface area contributed by atoms with Gasteiger partial charge in [-0.25, -0.2) is 0 Å². The maximum absolute atomic E-state index is 13.2. The second kappa shape index (κ2) is 9.45. The first-order chi connectivity index (χ1) is 14.2. The van der Waals surface area contributed by atoms with Gasteiger partial charge < -0.3 is 15.3 Å². The van der Waals surface area contributed by atoms with Crippen LogP contribution in [0.15, 0.2) is 54.6 Å². The number of nitrogens with zero attached hydrogens (tertiary/aromatic N) is 1. The Bertz CT molecular complexity index is 799. The van der Waals surface area contributed by atoms with Crippen LogP contribution in [0.25, 0.3) is 0 Å². The standard InChI is InChI=1S/C25H32N2O2/c28-23-11-5-7-19(16-23)6-4-10-22-17-26-18-24(22)25(29)27-14-12-21(13-15-27)20-8-2-1-3-9-20/h1-3,5,7-9,11,16,21-22,24,26,28H,4,6,10,12-15,17-18H2/t22-,24+/m0/s1. The zero-order valence-electron chi connectivity index (χ0n) is 17.1. The topological polar surface area (TPSA) is 52.6 Å². The van der Waals surface area contributed by atoms with Gasteiger partial charge in [0.1, 0.15) is 5.75 Å². The van der Waals surface area contributed by atoms with Crippen molar-refractivity contribution in [3.63, 3.8) is 0 Å². The van der Waals surface area contributed by atoms with Gasteiger partial charge in [-0.3, -0.25) is 4.79 Å². The van der Waals surface area contributed by atoms with Crippen molar-refractivity contribution < 1.29 is 9.90 Å². The monoisotopic (exact) mass is 392 g/mol. The molecule has 0 aromatic heterocycles. The Kier molecular flexibility index (Phi) is 6.50. The van der Waals surface area contributed by atoms with Crippen molar-refractivity contribution in [3.8, 4) is 5.75 Å². The molecule has 4 nitrogen and oxygen atoms in total. The van der Waals surface area contributed by atoms with Crippen LogP contribution in [0.5, 0.6) is 5.75 Å². The molecule has 2 aliphatic rings. The van der Waals surface area contributed by atoms with E-state index in [4.69, 9.17) is 0 Å². The number of hydrogen-bond acceptors (Lipinski definition) is 3. The summed E-state index contributed by atoms with van der Waals surface area (Å²) in [5.41, 5.74) is 2.58. The molecule has 2 atom stereocenters. The number of carbonyl (C=O) groups is 1. The van der Waals surface area contributed by atoms with Crippen molar-refractivity contribution in [1.82, 2.24) is 10.2 Å². The van der Waals surface area contributed by atoms with Crippen molar-refractivity contribution in [3.05, 3.63) is 65.7 Å². The van der Waals surface area contributed by atoms with Crippen molar-refractivity contribution in [1.29, 1.82) is 0 Å². The highest BCUT2D eigenvalue weighted by Gasteiger charge is 2.36. The molecule has 0 spiro atoms. The second-order valence-electron chi connectivity index (χ2n) is 8.60. The van der Waals surface area contributed by atoms with E-state index >= 15 is 0 Å². The zero-order chi connectivity index (χ0) is 20.1. The molecule has 0 radical (unpaired) electrons. The number of nitrogens with one attached hydrogen (secondary N) is 1. The summed E-state index contributed by atoms with van der Waals surface area (Å²) >= 11 is 0. The van der Waals surface area contributed by atoms with Crippen LogP contribution >= 0.6 is 0 Å². The molecule has 0 saturated carbocycles. The number of carbonyl (C=O) groups excluding carboxylic acids is 1. The normalized spacial score (nSPS) is 22.7. The first-order valence-electron chi connectivity index (χ1n) is 11.0. The fourth-order valence-corrected chi connectivity index (χ4v) is 5.00. The molecular formula is C25H32N2O2. The van der Waals surface area contributed by atoms with Gasteiger partial charge in [-0.05, 0) is 73.7 Å². The third-order valence-corrected chi connectivity index (χ3v) is 6.69. The summed E-state index contributed by atoms with van der Waals surface area (Å²) in [7, 11) is 0. The van der Waals surface area contributed by atoms with E-state index in [2.05, 4.69) is 46.6 Å². The van der Waals surface area contributed by atoms with E-state index in [1.807, 2.05) is 12.1 Å². The molecule has 4 rings (SSSR count). The van der Waals surface area contributed by atoms with E-state index < -0.39 is 0 Å². The fraction of sp³-hybridized carbons (Fsp3) is 0.480. The number of likely N-dealkylation sites (tertiary alicyclic amines) is 1.